The van der Waals surface area contributed by atoms with E-state index in [2.05, 4.69) is 54.5 Å². The van der Waals surface area contributed by atoms with Crippen LogP contribution in [0.2, 0.25) is 0 Å². The zero-order chi connectivity index (χ0) is 20.8. The third kappa shape index (κ3) is 4.37. The molecule has 2 aromatic carbocycles. The number of aliphatic imine (C=N–C) groups is 1. The molecule has 1 fully saturated rings. The van der Waals surface area contributed by atoms with Crippen molar-refractivity contribution in [1.82, 2.24) is 25.0 Å². The minimum absolute atomic E-state index is 0.719. The first-order valence-electron chi connectivity index (χ1n) is 10.1. The van der Waals surface area contributed by atoms with E-state index in [1.54, 1.807) is 18.1 Å². The van der Waals surface area contributed by atoms with Gasteiger partial charge < -0.3 is 19.9 Å². The number of guanidine groups is 1. The lowest BCUT2D eigenvalue weighted by molar-refractivity contribution is 0.367. The molecule has 0 radical (unpaired) electrons. The van der Waals surface area contributed by atoms with Gasteiger partial charge in [0, 0.05) is 39.8 Å². The van der Waals surface area contributed by atoms with Gasteiger partial charge in [0.1, 0.15) is 18.4 Å². The molecule has 3 aromatic rings. The normalized spacial score (nSPS) is 14.7. The number of rotatable bonds is 5. The number of methoxy groups -OCH3 is 1. The fraction of sp³-hybridized carbons (Fsp3) is 0.318. The second-order valence-electron chi connectivity index (χ2n) is 7.05. The highest BCUT2D eigenvalue weighted by atomic mass is 16.5. The van der Waals surface area contributed by atoms with Crippen LogP contribution in [0.25, 0.3) is 5.69 Å². The van der Waals surface area contributed by atoms with Crippen molar-refractivity contribution in [3.8, 4) is 11.4 Å². The summed E-state index contributed by atoms with van der Waals surface area (Å²) in [5, 5.41) is 7.64. The van der Waals surface area contributed by atoms with Gasteiger partial charge in [-0.1, -0.05) is 24.3 Å². The van der Waals surface area contributed by atoms with E-state index in [9.17, 15) is 0 Å². The fourth-order valence-corrected chi connectivity index (χ4v) is 3.67. The molecule has 0 aliphatic carbocycles. The van der Waals surface area contributed by atoms with E-state index in [1.165, 1.54) is 11.9 Å². The summed E-state index contributed by atoms with van der Waals surface area (Å²) < 4.78 is 7.26. The van der Waals surface area contributed by atoms with Crippen LogP contribution in [0.4, 0.5) is 5.69 Å². The summed E-state index contributed by atoms with van der Waals surface area (Å²) in [6, 6.07) is 16.5. The first kappa shape index (κ1) is 19.8. The quantitative estimate of drug-likeness (QED) is 0.518. The second kappa shape index (κ2) is 9.30. The molecule has 1 N–H and O–H groups in total. The van der Waals surface area contributed by atoms with E-state index in [1.807, 2.05) is 31.3 Å². The zero-order valence-corrected chi connectivity index (χ0v) is 17.4. The Bertz CT molecular complexity index is 961. The molecule has 2 heterocycles. The number of hydrogen-bond acceptors (Lipinski definition) is 5. The van der Waals surface area contributed by atoms with Crippen molar-refractivity contribution in [2.24, 2.45) is 4.99 Å². The van der Waals surface area contributed by atoms with Gasteiger partial charge >= 0.3 is 0 Å². The van der Waals surface area contributed by atoms with Crippen LogP contribution in [0.5, 0.6) is 5.75 Å². The highest BCUT2D eigenvalue weighted by Gasteiger charge is 2.21. The minimum atomic E-state index is 0.719. The average Bonchev–Trinajstić information content (AvgIpc) is 3.35. The van der Waals surface area contributed by atoms with Gasteiger partial charge in [0.25, 0.3) is 0 Å². The third-order valence-electron chi connectivity index (χ3n) is 5.29. The molecule has 8 heteroatoms. The topological polar surface area (TPSA) is 70.8 Å². The van der Waals surface area contributed by atoms with Gasteiger partial charge in [-0.3, -0.25) is 4.99 Å². The molecule has 1 aromatic heterocycles. The number of hydrogen-bond donors (Lipinski definition) is 1. The first-order chi connectivity index (χ1) is 14.8. The SMILES string of the molecule is CN=C(NCc1ccc(-n2cncn2)cc1)N1CCN(c2ccccc2OC)CC1. The Balaban J connectivity index is 1.32. The van der Waals surface area contributed by atoms with Crippen molar-refractivity contribution in [3.63, 3.8) is 0 Å². The lowest BCUT2D eigenvalue weighted by Gasteiger charge is -2.38. The number of benzene rings is 2. The molecule has 1 aliphatic heterocycles. The summed E-state index contributed by atoms with van der Waals surface area (Å²) in [7, 11) is 3.56. The maximum absolute atomic E-state index is 5.51. The Morgan fingerprint density at radius 3 is 2.50 bits per heavy atom. The molecule has 0 amide bonds. The monoisotopic (exact) mass is 405 g/mol. The maximum atomic E-state index is 5.51. The van der Waals surface area contributed by atoms with Crippen molar-refractivity contribution in [2.45, 2.75) is 6.54 Å². The standard InChI is InChI=1S/C22H27N7O/c1-23-22(25-15-18-7-9-19(10-8-18)29-17-24-16-26-29)28-13-11-27(12-14-28)20-5-3-4-6-21(20)30-2/h3-10,16-17H,11-15H2,1-2H3,(H,23,25). The van der Waals surface area contributed by atoms with Gasteiger partial charge in [-0.25, -0.2) is 9.67 Å². The van der Waals surface area contributed by atoms with E-state index in [4.69, 9.17) is 4.74 Å². The molecule has 0 spiro atoms. The molecular formula is C22H27N7O. The van der Waals surface area contributed by atoms with Gasteiger partial charge in [-0.2, -0.15) is 5.10 Å². The van der Waals surface area contributed by atoms with Crippen LogP contribution in [0.15, 0.2) is 66.2 Å². The molecule has 4 rings (SSSR count). The number of nitrogens with zero attached hydrogens (tertiary/aromatic N) is 6. The van der Waals surface area contributed by atoms with E-state index in [-0.39, 0.29) is 0 Å². The number of aromatic nitrogens is 3. The molecule has 8 nitrogen and oxygen atoms in total. The fourth-order valence-electron chi connectivity index (χ4n) is 3.67. The van der Waals surface area contributed by atoms with E-state index >= 15 is 0 Å². The van der Waals surface area contributed by atoms with Crippen LogP contribution in [0, 0.1) is 0 Å². The largest absolute Gasteiger partial charge is 0.495 e. The lowest BCUT2D eigenvalue weighted by Crippen LogP contribution is -2.52. The number of nitrogens with one attached hydrogen (secondary N) is 1. The van der Waals surface area contributed by atoms with Gasteiger partial charge in [-0.15, -0.1) is 0 Å². The Labute approximate surface area is 176 Å². The number of piperazine rings is 1. The van der Waals surface area contributed by atoms with Crippen molar-refractivity contribution >= 4 is 11.6 Å². The summed E-state index contributed by atoms with van der Waals surface area (Å²) in [6.45, 7) is 4.38. The van der Waals surface area contributed by atoms with Crippen LogP contribution in [-0.2, 0) is 6.54 Å². The van der Waals surface area contributed by atoms with Crippen LogP contribution in [-0.4, -0.2) is 66.0 Å². The Morgan fingerprint density at radius 2 is 1.83 bits per heavy atom. The summed E-state index contributed by atoms with van der Waals surface area (Å²) in [4.78, 5) is 13.1. The van der Waals surface area contributed by atoms with Crippen LogP contribution >= 0.6 is 0 Å². The molecule has 0 bridgehead atoms. The molecule has 0 saturated carbocycles. The summed E-state index contributed by atoms with van der Waals surface area (Å²) in [5.74, 6) is 1.85. The van der Waals surface area contributed by atoms with E-state index < -0.39 is 0 Å². The van der Waals surface area contributed by atoms with Gasteiger partial charge in [-0.05, 0) is 29.8 Å². The van der Waals surface area contributed by atoms with Gasteiger partial charge in [0.2, 0.25) is 0 Å². The molecule has 1 saturated heterocycles. The van der Waals surface area contributed by atoms with Crippen molar-refractivity contribution < 1.29 is 4.74 Å². The van der Waals surface area contributed by atoms with Crippen LogP contribution in [0.1, 0.15) is 5.56 Å². The molecule has 0 unspecified atom stereocenters. The van der Waals surface area contributed by atoms with Crippen LogP contribution < -0.4 is 15.0 Å². The molecule has 30 heavy (non-hydrogen) atoms. The lowest BCUT2D eigenvalue weighted by atomic mass is 10.2. The Kier molecular flexibility index (Phi) is 6.12. The Morgan fingerprint density at radius 1 is 1.07 bits per heavy atom. The number of para-hydroxylation sites is 2. The average molecular weight is 406 g/mol. The Hall–Kier alpha value is -3.55. The van der Waals surface area contributed by atoms with Crippen molar-refractivity contribution in [3.05, 3.63) is 66.7 Å². The van der Waals surface area contributed by atoms with Gasteiger partial charge in [0.05, 0.1) is 18.5 Å². The van der Waals surface area contributed by atoms with Crippen molar-refractivity contribution in [1.29, 1.82) is 0 Å². The molecule has 1 aliphatic rings. The number of ether oxygens (including phenoxy) is 1. The molecule has 0 atom stereocenters. The predicted molar refractivity (Wildman–Crippen MR) is 118 cm³/mol. The summed E-state index contributed by atoms with van der Waals surface area (Å²) >= 11 is 0. The minimum Gasteiger partial charge on any atom is -0.495 e. The highest BCUT2D eigenvalue weighted by molar-refractivity contribution is 5.80. The third-order valence-corrected chi connectivity index (χ3v) is 5.29. The smallest absolute Gasteiger partial charge is 0.194 e. The van der Waals surface area contributed by atoms with Crippen LogP contribution in [0.3, 0.4) is 0 Å². The number of anilines is 1. The predicted octanol–water partition coefficient (Wildman–Crippen LogP) is 2.17. The van der Waals surface area contributed by atoms with E-state index in [0.29, 0.717) is 0 Å². The molecule has 156 valence electrons. The highest BCUT2D eigenvalue weighted by Crippen LogP contribution is 2.28. The molecular weight excluding hydrogens is 378 g/mol. The zero-order valence-electron chi connectivity index (χ0n) is 17.4. The summed E-state index contributed by atoms with van der Waals surface area (Å²) in [6.07, 6.45) is 3.23. The second-order valence-corrected chi connectivity index (χ2v) is 7.05. The first-order valence-corrected chi connectivity index (χ1v) is 10.1. The maximum Gasteiger partial charge on any atom is 0.194 e. The summed E-state index contributed by atoms with van der Waals surface area (Å²) in [5.41, 5.74) is 3.33. The van der Waals surface area contributed by atoms with Gasteiger partial charge in [0.15, 0.2) is 5.96 Å². The van der Waals surface area contributed by atoms with Crippen molar-refractivity contribution in [2.75, 3.05) is 45.2 Å². The van der Waals surface area contributed by atoms with E-state index in [0.717, 1.165) is 55.8 Å².